The molecule has 152 valence electrons. The van der Waals surface area contributed by atoms with Gasteiger partial charge in [-0.15, -0.1) is 0 Å². The first-order valence-electron chi connectivity index (χ1n) is 9.31. The minimum atomic E-state index is -0.309. The Balaban J connectivity index is 1.38. The van der Waals surface area contributed by atoms with Crippen molar-refractivity contribution in [3.05, 3.63) is 94.4 Å². The topological polar surface area (TPSA) is 51.5 Å². The van der Waals surface area contributed by atoms with E-state index in [2.05, 4.69) is 9.98 Å². The van der Waals surface area contributed by atoms with E-state index in [9.17, 15) is 4.39 Å². The van der Waals surface area contributed by atoms with Crippen LogP contribution in [-0.4, -0.2) is 11.2 Å². The van der Waals surface area contributed by atoms with Gasteiger partial charge in [-0.05, 0) is 72.8 Å². The number of aliphatic imine (C=N–C) groups is 1. The molecule has 5 aromatic rings. The van der Waals surface area contributed by atoms with Gasteiger partial charge in [0.1, 0.15) is 22.9 Å². The maximum absolute atomic E-state index is 13.1. The number of nitrogens with zero attached hydrogens (tertiary/aromatic N) is 2. The fourth-order valence-corrected chi connectivity index (χ4v) is 3.38. The number of halogens is 3. The average molecular weight is 451 g/mol. The molecule has 0 radical (unpaired) electrons. The highest BCUT2D eigenvalue weighted by atomic mass is 35.5. The summed E-state index contributed by atoms with van der Waals surface area (Å²) in [7, 11) is 0. The Kier molecular flexibility index (Phi) is 5.06. The molecule has 0 atom stereocenters. The van der Waals surface area contributed by atoms with Crippen molar-refractivity contribution in [2.24, 2.45) is 4.99 Å². The minimum Gasteiger partial charge on any atom is -0.455 e. The number of oxazole rings is 1. The third kappa shape index (κ3) is 4.10. The predicted molar refractivity (Wildman–Crippen MR) is 121 cm³/mol. The zero-order valence-corrected chi connectivity index (χ0v) is 17.4. The summed E-state index contributed by atoms with van der Waals surface area (Å²) in [5.74, 6) is 1.37. The lowest BCUT2D eigenvalue weighted by Crippen LogP contribution is -1.78. The van der Waals surface area contributed by atoms with Crippen LogP contribution >= 0.6 is 23.2 Å². The second kappa shape index (κ2) is 8.02. The second-order valence-corrected chi connectivity index (χ2v) is 7.58. The predicted octanol–water partition coefficient (Wildman–Crippen LogP) is 7.95. The standard InChI is InChI=1S/C24H13Cl2FN2O2/c25-19-8-3-15(11-20(19)26)22-10-7-18(30-22)13-28-17-6-9-23-21(12-17)29-24(31-23)14-1-4-16(27)5-2-14/h1-13H. The van der Waals surface area contributed by atoms with Gasteiger partial charge in [0.25, 0.3) is 0 Å². The van der Waals surface area contributed by atoms with Crippen molar-refractivity contribution in [1.29, 1.82) is 0 Å². The molecule has 2 heterocycles. The number of fused-ring (bicyclic) bond motifs is 1. The summed E-state index contributed by atoms with van der Waals surface area (Å²) in [4.78, 5) is 8.94. The van der Waals surface area contributed by atoms with Crippen LogP contribution in [0, 0.1) is 5.82 Å². The van der Waals surface area contributed by atoms with Gasteiger partial charge in [0.15, 0.2) is 5.58 Å². The third-order valence-electron chi connectivity index (χ3n) is 4.63. The highest BCUT2D eigenvalue weighted by molar-refractivity contribution is 6.42. The Labute approximate surface area is 186 Å². The normalized spacial score (nSPS) is 11.6. The molecule has 2 aromatic heterocycles. The van der Waals surface area contributed by atoms with Gasteiger partial charge in [0, 0.05) is 11.1 Å². The molecule has 3 aromatic carbocycles. The van der Waals surface area contributed by atoms with Crippen molar-refractivity contribution in [2.75, 3.05) is 0 Å². The first-order chi connectivity index (χ1) is 15.0. The molecule has 0 aliphatic rings. The number of hydrogen-bond acceptors (Lipinski definition) is 4. The maximum atomic E-state index is 13.1. The van der Waals surface area contributed by atoms with Gasteiger partial charge in [0.2, 0.25) is 5.89 Å². The van der Waals surface area contributed by atoms with Gasteiger partial charge in [-0.1, -0.05) is 23.2 Å². The molecule has 0 saturated heterocycles. The summed E-state index contributed by atoms with van der Waals surface area (Å²) >= 11 is 12.0. The number of hydrogen-bond donors (Lipinski definition) is 0. The molecule has 0 unspecified atom stereocenters. The molecular formula is C24H13Cl2FN2O2. The summed E-state index contributed by atoms with van der Waals surface area (Å²) < 4.78 is 24.7. The first kappa shape index (κ1) is 19.5. The van der Waals surface area contributed by atoms with Gasteiger partial charge in [0.05, 0.1) is 21.9 Å². The summed E-state index contributed by atoms with van der Waals surface area (Å²) in [6.07, 6.45) is 1.63. The van der Waals surface area contributed by atoms with Crippen LogP contribution in [0.3, 0.4) is 0 Å². The van der Waals surface area contributed by atoms with E-state index in [0.717, 1.165) is 5.56 Å². The number of benzene rings is 3. The molecule has 0 amide bonds. The Bertz CT molecular complexity index is 1420. The molecule has 0 bridgehead atoms. The van der Waals surface area contributed by atoms with Crippen molar-refractivity contribution in [3.63, 3.8) is 0 Å². The van der Waals surface area contributed by atoms with E-state index in [-0.39, 0.29) is 5.82 Å². The molecule has 7 heteroatoms. The molecule has 0 N–H and O–H groups in total. The lowest BCUT2D eigenvalue weighted by molar-refractivity contribution is 0.575. The molecular weight excluding hydrogens is 438 g/mol. The maximum Gasteiger partial charge on any atom is 0.227 e. The highest BCUT2D eigenvalue weighted by Gasteiger charge is 2.09. The monoisotopic (exact) mass is 450 g/mol. The third-order valence-corrected chi connectivity index (χ3v) is 5.37. The molecule has 0 saturated carbocycles. The fourth-order valence-electron chi connectivity index (χ4n) is 3.08. The van der Waals surface area contributed by atoms with Gasteiger partial charge in [-0.3, -0.25) is 4.99 Å². The summed E-state index contributed by atoms with van der Waals surface area (Å²) in [5, 5.41) is 0.955. The quantitative estimate of drug-likeness (QED) is 0.261. The first-order valence-corrected chi connectivity index (χ1v) is 10.1. The van der Waals surface area contributed by atoms with Gasteiger partial charge < -0.3 is 8.83 Å². The Hall–Kier alpha value is -3.41. The van der Waals surface area contributed by atoms with E-state index in [4.69, 9.17) is 32.0 Å². The van der Waals surface area contributed by atoms with Crippen molar-refractivity contribution in [3.8, 4) is 22.8 Å². The Morgan fingerprint density at radius 3 is 2.42 bits per heavy atom. The van der Waals surface area contributed by atoms with E-state index in [1.165, 1.54) is 12.1 Å². The van der Waals surface area contributed by atoms with E-state index in [1.807, 2.05) is 30.3 Å². The van der Waals surface area contributed by atoms with Crippen LogP contribution in [0.2, 0.25) is 10.0 Å². The van der Waals surface area contributed by atoms with Crippen LogP contribution in [0.4, 0.5) is 10.1 Å². The molecule has 0 aliphatic carbocycles. The summed E-state index contributed by atoms with van der Waals surface area (Å²) in [5.41, 5.74) is 3.50. The lowest BCUT2D eigenvalue weighted by atomic mass is 10.2. The van der Waals surface area contributed by atoms with Gasteiger partial charge in [-0.25, -0.2) is 9.37 Å². The van der Waals surface area contributed by atoms with Crippen LogP contribution < -0.4 is 0 Å². The Morgan fingerprint density at radius 1 is 0.806 bits per heavy atom. The van der Waals surface area contributed by atoms with E-state index >= 15 is 0 Å². The summed E-state index contributed by atoms with van der Waals surface area (Å²) in [6, 6.07) is 20.4. The van der Waals surface area contributed by atoms with E-state index < -0.39 is 0 Å². The van der Waals surface area contributed by atoms with Crippen molar-refractivity contribution < 1.29 is 13.2 Å². The van der Waals surface area contributed by atoms with Gasteiger partial charge >= 0.3 is 0 Å². The van der Waals surface area contributed by atoms with Crippen LogP contribution in [0.1, 0.15) is 5.76 Å². The van der Waals surface area contributed by atoms with Crippen LogP contribution in [-0.2, 0) is 0 Å². The smallest absolute Gasteiger partial charge is 0.227 e. The number of rotatable bonds is 4. The van der Waals surface area contributed by atoms with E-state index in [1.54, 1.807) is 36.5 Å². The molecule has 0 spiro atoms. The molecule has 0 fully saturated rings. The minimum absolute atomic E-state index is 0.309. The largest absolute Gasteiger partial charge is 0.455 e. The highest BCUT2D eigenvalue weighted by Crippen LogP contribution is 2.30. The SMILES string of the molecule is Fc1ccc(-c2nc3cc(N=Cc4ccc(-c5ccc(Cl)c(Cl)c5)o4)ccc3o2)cc1. The van der Waals surface area contributed by atoms with Crippen molar-refractivity contribution in [2.45, 2.75) is 0 Å². The fraction of sp³-hybridized carbons (Fsp3) is 0. The molecule has 31 heavy (non-hydrogen) atoms. The van der Waals surface area contributed by atoms with Crippen molar-refractivity contribution >= 4 is 46.2 Å². The van der Waals surface area contributed by atoms with Crippen LogP contribution in [0.15, 0.2) is 86.6 Å². The Morgan fingerprint density at radius 2 is 1.61 bits per heavy atom. The molecule has 4 nitrogen and oxygen atoms in total. The molecule has 0 aliphatic heterocycles. The second-order valence-electron chi connectivity index (χ2n) is 6.77. The van der Waals surface area contributed by atoms with Crippen LogP contribution in [0.25, 0.3) is 33.9 Å². The number of furan rings is 1. The lowest BCUT2D eigenvalue weighted by Gasteiger charge is -1.99. The number of aromatic nitrogens is 1. The zero-order valence-electron chi connectivity index (χ0n) is 15.9. The van der Waals surface area contributed by atoms with E-state index in [0.29, 0.717) is 49.8 Å². The van der Waals surface area contributed by atoms with Crippen LogP contribution in [0.5, 0.6) is 0 Å². The zero-order chi connectivity index (χ0) is 21.4. The average Bonchev–Trinajstić information content (AvgIpc) is 3.41. The molecule has 5 rings (SSSR count). The van der Waals surface area contributed by atoms with Gasteiger partial charge in [-0.2, -0.15) is 0 Å². The van der Waals surface area contributed by atoms with Crippen molar-refractivity contribution in [1.82, 2.24) is 4.98 Å². The summed E-state index contributed by atoms with van der Waals surface area (Å²) in [6.45, 7) is 0.